The van der Waals surface area contributed by atoms with E-state index in [1.807, 2.05) is 0 Å². The highest BCUT2D eigenvalue weighted by Gasteiger charge is 2.35. The van der Waals surface area contributed by atoms with Crippen molar-refractivity contribution in [3.8, 4) is 12.1 Å². The van der Waals surface area contributed by atoms with Crippen molar-refractivity contribution in [2.45, 2.75) is 45.6 Å². The molecule has 0 aliphatic rings. The van der Waals surface area contributed by atoms with Crippen molar-refractivity contribution in [2.75, 3.05) is 0 Å². The first-order valence-corrected chi connectivity index (χ1v) is 5.52. The van der Waals surface area contributed by atoms with Crippen molar-refractivity contribution in [3.63, 3.8) is 0 Å². The van der Waals surface area contributed by atoms with Crippen molar-refractivity contribution in [1.82, 2.24) is 0 Å². The summed E-state index contributed by atoms with van der Waals surface area (Å²) in [5, 5.41) is 18.0. The molecular weight excluding hydrogens is 235 g/mol. The lowest BCUT2D eigenvalue weighted by molar-refractivity contribution is -0.156. The maximum atomic E-state index is 12.6. The van der Waals surface area contributed by atoms with Crippen LogP contribution in [0.5, 0.6) is 0 Å². The molecule has 0 saturated heterocycles. The van der Waals surface area contributed by atoms with Crippen LogP contribution in [0.2, 0.25) is 0 Å². The van der Waals surface area contributed by atoms with E-state index in [1.54, 1.807) is 32.9 Å². The molecule has 0 aromatic carbocycles. The largest absolute Gasteiger partial charge is 0.460 e. The number of carbonyl (C=O) groups is 1. The third kappa shape index (κ3) is 6.00. The maximum absolute atomic E-state index is 12.6. The van der Waals surface area contributed by atoms with E-state index >= 15 is 0 Å². The number of hydrogen-bond acceptors (Lipinski definition) is 4. The average molecular weight is 252 g/mol. The van der Waals surface area contributed by atoms with Crippen LogP contribution in [0.3, 0.4) is 0 Å². The average Bonchev–Trinajstić information content (AvgIpc) is 2.21. The van der Waals surface area contributed by atoms with Gasteiger partial charge in [-0.2, -0.15) is 10.5 Å². The molecule has 5 heteroatoms. The Morgan fingerprint density at radius 1 is 1.33 bits per heavy atom. The van der Waals surface area contributed by atoms with E-state index in [-0.39, 0.29) is 19.3 Å². The summed E-state index contributed by atoms with van der Waals surface area (Å²) in [6, 6.07) is 3.54. The molecule has 0 aliphatic heterocycles. The molecule has 0 heterocycles. The minimum Gasteiger partial charge on any atom is -0.460 e. The van der Waals surface area contributed by atoms with Gasteiger partial charge in [-0.1, -0.05) is 6.58 Å². The molecular formula is C13H17FN2O2. The molecule has 98 valence electrons. The molecule has 0 aromatic heterocycles. The zero-order chi connectivity index (χ0) is 14.4. The van der Waals surface area contributed by atoms with Gasteiger partial charge in [-0.25, -0.2) is 4.39 Å². The zero-order valence-corrected chi connectivity index (χ0v) is 10.9. The highest BCUT2D eigenvalue weighted by Crippen LogP contribution is 2.29. The number of hydrogen-bond donors (Lipinski definition) is 0. The summed E-state index contributed by atoms with van der Waals surface area (Å²) in [5.41, 5.74) is -2.24. The molecule has 0 unspecified atom stereocenters. The number of carbonyl (C=O) groups excluding carboxylic acids is 1. The fourth-order valence-corrected chi connectivity index (χ4v) is 1.28. The van der Waals surface area contributed by atoms with E-state index in [1.165, 1.54) is 0 Å². The molecule has 0 N–H and O–H groups in total. The minimum atomic E-state index is -1.56. The molecule has 18 heavy (non-hydrogen) atoms. The van der Waals surface area contributed by atoms with Gasteiger partial charge in [0.2, 0.25) is 0 Å². The minimum absolute atomic E-state index is 0.0748. The summed E-state index contributed by atoms with van der Waals surface area (Å²) >= 11 is 0. The van der Waals surface area contributed by atoms with Crippen LogP contribution in [0.15, 0.2) is 12.4 Å². The summed E-state index contributed by atoms with van der Waals surface area (Å²) in [6.45, 7) is 8.13. The first kappa shape index (κ1) is 16.1. The standard InChI is InChI=1S/C13H17FN2O2/c1-10(14)5-6-13(8-15,9-16)7-11(17)18-12(2,3)4/h1,5-7H2,2-4H3. The first-order valence-electron chi connectivity index (χ1n) is 5.52. The number of esters is 1. The van der Waals surface area contributed by atoms with Gasteiger partial charge in [0.1, 0.15) is 5.60 Å². The predicted octanol–water partition coefficient (Wildman–Crippen LogP) is 3.02. The van der Waals surface area contributed by atoms with Crippen LogP contribution in [-0.2, 0) is 9.53 Å². The summed E-state index contributed by atoms with van der Waals surface area (Å²) in [7, 11) is 0. The third-order valence-corrected chi connectivity index (χ3v) is 2.12. The molecule has 0 spiro atoms. The number of rotatable bonds is 5. The van der Waals surface area contributed by atoms with E-state index in [4.69, 9.17) is 15.3 Å². The van der Waals surface area contributed by atoms with Crippen LogP contribution in [0, 0.1) is 28.1 Å². The highest BCUT2D eigenvalue weighted by molar-refractivity contribution is 5.72. The van der Waals surface area contributed by atoms with Crippen molar-refractivity contribution in [1.29, 1.82) is 10.5 Å². The van der Waals surface area contributed by atoms with E-state index in [0.717, 1.165) is 0 Å². The lowest BCUT2D eigenvalue weighted by Gasteiger charge is -2.23. The van der Waals surface area contributed by atoms with Crippen molar-refractivity contribution < 1.29 is 13.9 Å². The van der Waals surface area contributed by atoms with Gasteiger partial charge >= 0.3 is 5.97 Å². The Balaban J connectivity index is 4.74. The Hall–Kier alpha value is -1.88. The molecule has 0 aromatic rings. The number of ether oxygens (including phenoxy) is 1. The van der Waals surface area contributed by atoms with Gasteiger partial charge in [-0.05, 0) is 27.2 Å². The zero-order valence-electron chi connectivity index (χ0n) is 10.9. The molecule has 0 saturated carbocycles. The van der Waals surface area contributed by atoms with Crippen molar-refractivity contribution in [2.24, 2.45) is 5.41 Å². The van der Waals surface area contributed by atoms with Gasteiger partial charge in [-0.15, -0.1) is 0 Å². The molecule has 0 rings (SSSR count). The maximum Gasteiger partial charge on any atom is 0.309 e. The highest BCUT2D eigenvalue weighted by atomic mass is 19.1. The molecule has 0 aliphatic carbocycles. The normalized spacial score (nSPS) is 11.2. The summed E-state index contributed by atoms with van der Waals surface area (Å²) in [6.07, 6.45) is -0.566. The van der Waals surface area contributed by atoms with E-state index in [2.05, 4.69) is 6.58 Å². The van der Waals surface area contributed by atoms with Crippen LogP contribution in [0.4, 0.5) is 4.39 Å². The molecule has 0 atom stereocenters. The van der Waals surface area contributed by atoms with Crippen LogP contribution < -0.4 is 0 Å². The number of nitrogens with zero attached hydrogens (tertiary/aromatic N) is 2. The Kier molecular flexibility index (Phi) is 5.52. The number of nitriles is 2. The Bertz CT molecular complexity index is 396. The second-order valence-corrected chi connectivity index (χ2v) is 5.09. The topological polar surface area (TPSA) is 73.9 Å². The van der Waals surface area contributed by atoms with Gasteiger partial charge in [0.15, 0.2) is 5.41 Å². The summed E-state index contributed by atoms with van der Waals surface area (Å²) in [4.78, 5) is 11.6. The first-order chi connectivity index (χ1) is 8.14. The lowest BCUT2D eigenvalue weighted by atomic mass is 9.83. The molecule has 0 fully saturated rings. The second kappa shape index (κ2) is 6.16. The van der Waals surface area contributed by atoms with Gasteiger partial charge in [0.05, 0.1) is 24.4 Å². The second-order valence-electron chi connectivity index (χ2n) is 5.09. The summed E-state index contributed by atoms with van der Waals surface area (Å²) < 4.78 is 17.6. The van der Waals surface area contributed by atoms with E-state index in [0.29, 0.717) is 0 Å². The quantitative estimate of drug-likeness (QED) is 0.705. The Morgan fingerprint density at radius 3 is 2.17 bits per heavy atom. The fraction of sp³-hybridized carbons (Fsp3) is 0.615. The molecule has 0 radical (unpaired) electrons. The van der Waals surface area contributed by atoms with Crippen molar-refractivity contribution in [3.05, 3.63) is 12.4 Å². The summed E-state index contributed by atoms with van der Waals surface area (Å²) in [5.74, 6) is -1.26. The third-order valence-electron chi connectivity index (χ3n) is 2.12. The SMILES string of the molecule is C=C(F)CCC(C#N)(C#N)CC(=O)OC(C)(C)C. The van der Waals surface area contributed by atoms with Crippen LogP contribution >= 0.6 is 0 Å². The van der Waals surface area contributed by atoms with Gasteiger partial charge in [0, 0.05) is 6.42 Å². The van der Waals surface area contributed by atoms with Crippen LogP contribution in [-0.4, -0.2) is 11.6 Å². The van der Waals surface area contributed by atoms with Crippen LogP contribution in [0.25, 0.3) is 0 Å². The van der Waals surface area contributed by atoms with Gasteiger partial charge in [0.25, 0.3) is 0 Å². The van der Waals surface area contributed by atoms with Crippen molar-refractivity contribution >= 4 is 5.97 Å². The Labute approximate surface area is 107 Å². The number of allylic oxidation sites excluding steroid dienone is 1. The molecule has 4 nitrogen and oxygen atoms in total. The fourth-order valence-electron chi connectivity index (χ4n) is 1.28. The molecule has 0 amide bonds. The monoisotopic (exact) mass is 252 g/mol. The number of halogens is 1. The lowest BCUT2D eigenvalue weighted by Crippen LogP contribution is -2.29. The van der Waals surface area contributed by atoms with Gasteiger partial charge in [-0.3, -0.25) is 4.79 Å². The Morgan fingerprint density at radius 2 is 1.83 bits per heavy atom. The van der Waals surface area contributed by atoms with Gasteiger partial charge < -0.3 is 4.74 Å². The smallest absolute Gasteiger partial charge is 0.309 e. The van der Waals surface area contributed by atoms with Crippen LogP contribution in [0.1, 0.15) is 40.0 Å². The van der Waals surface area contributed by atoms with E-state index in [9.17, 15) is 9.18 Å². The molecule has 0 bridgehead atoms. The predicted molar refractivity (Wildman–Crippen MR) is 63.6 cm³/mol. The van der Waals surface area contributed by atoms with E-state index < -0.39 is 22.8 Å².